The number of benzene rings is 2. The zero-order valence-corrected chi connectivity index (χ0v) is 27.6. The van der Waals surface area contributed by atoms with Crippen LogP contribution in [0.1, 0.15) is 101 Å². The molecule has 0 saturated heterocycles. The maximum atomic E-state index is 14.7. The minimum Gasteiger partial charge on any atom is -0.300 e. The van der Waals surface area contributed by atoms with Gasteiger partial charge in [-0.2, -0.15) is 0 Å². The Labute approximate surface area is 259 Å². The lowest BCUT2D eigenvalue weighted by Crippen LogP contribution is -2.53. The molecular formula is C41H48O2. The van der Waals surface area contributed by atoms with Gasteiger partial charge in [0.1, 0.15) is 5.78 Å². The molecule has 2 aromatic carbocycles. The molecule has 0 amide bonds. The van der Waals surface area contributed by atoms with Gasteiger partial charge in [0.25, 0.3) is 0 Å². The first-order valence-corrected chi connectivity index (χ1v) is 15.7. The number of Topliss-reactive ketones (excluding diaryl/α,β-unsaturated/α-hetero) is 2. The Bertz CT molecular complexity index is 1670. The van der Waals surface area contributed by atoms with Gasteiger partial charge in [0, 0.05) is 28.4 Å². The minimum atomic E-state index is -0.307. The molecule has 0 spiro atoms. The predicted molar refractivity (Wildman–Crippen MR) is 180 cm³/mol. The second kappa shape index (κ2) is 10.6. The molecule has 2 aromatic rings. The van der Waals surface area contributed by atoms with Crippen LogP contribution in [0.2, 0.25) is 0 Å². The molecule has 43 heavy (non-hydrogen) atoms. The van der Waals surface area contributed by atoms with Crippen molar-refractivity contribution in [2.75, 3.05) is 0 Å². The molecule has 5 rings (SSSR count). The molecule has 2 heteroatoms. The maximum Gasteiger partial charge on any atom is 0.190 e. The van der Waals surface area contributed by atoms with E-state index in [4.69, 9.17) is 0 Å². The van der Waals surface area contributed by atoms with Gasteiger partial charge in [-0.25, -0.2) is 0 Å². The summed E-state index contributed by atoms with van der Waals surface area (Å²) >= 11 is 0. The summed E-state index contributed by atoms with van der Waals surface area (Å²) in [5.41, 5.74) is 14.0. The van der Waals surface area contributed by atoms with Crippen molar-refractivity contribution >= 4 is 11.6 Å². The fraction of sp³-hybridized carbons (Fsp3) is 0.415. The maximum absolute atomic E-state index is 14.7. The van der Waals surface area contributed by atoms with E-state index < -0.39 is 0 Å². The number of carbonyl (C=O) groups excluding carboxylic acids is 2. The van der Waals surface area contributed by atoms with Crippen molar-refractivity contribution in [1.29, 1.82) is 0 Å². The van der Waals surface area contributed by atoms with Crippen molar-refractivity contribution in [3.63, 3.8) is 0 Å². The Morgan fingerprint density at radius 1 is 0.907 bits per heavy atom. The van der Waals surface area contributed by atoms with Crippen LogP contribution in [-0.2, 0) is 17.6 Å². The third-order valence-electron chi connectivity index (χ3n) is 11.2. The zero-order valence-electron chi connectivity index (χ0n) is 27.6. The van der Waals surface area contributed by atoms with Gasteiger partial charge in [0.05, 0.1) is 0 Å². The number of fused-ring (bicyclic) bond motifs is 3. The van der Waals surface area contributed by atoms with Crippen LogP contribution in [0.15, 0.2) is 95.1 Å². The molecule has 224 valence electrons. The number of hydrogen-bond donors (Lipinski definition) is 0. The number of rotatable bonds is 7. The van der Waals surface area contributed by atoms with Gasteiger partial charge in [-0.3, -0.25) is 4.79 Å². The topological polar surface area (TPSA) is 34.1 Å². The second-order valence-electron chi connectivity index (χ2n) is 14.6. The molecule has 0 fully saturated rings. The molecule has 0 bridgehead atoms. The lowest BCUT2D eigenvalue weighted by Gasteiger charge is -2.61. The van der Waals surface area contributed by atoms with Gasteiger partial charge in [-0.05, 0) is 111 Å². The smallest absolute Gasteiger partial charge is 0.190 e. The van der Waals surface area contributed by atoms with Crippen molar-refractivity contribution in [3.8, 4) is 11.1 Å². The summed E-state index contributed by atoms with van der Waals surface area (Å²) in [4.78, 5) is 26.1. The molecule has 2 nitrogen and oxygen atoms in total. The van der Waals surface area contributed by atoms with E-state index >= 15 is 0 Å². The molecule has 0 unspecified atom stereocenters. The number of hydrogen-bond acceptors (Lipinski definition) is 2. The van der Waals surface area contributed by atoms with Gasteiger partial charge >= 0.3 is 0 Å². The molecule has 0 aromatic heterocycles. The average molecular weight is 573 g/mol. The highest BCUT2D eigenvalue weighted by atomic mass is 16.1. The third kappa shape index (κ3) is 4.78. The number of ketones is 2. The van der Waals surface area contributed by atoms with Crippen LogP contribution in [0.4, 0.5) is 0 Å². The first kappa shape index (κ1) is 30.9. The van der Waals surface area contributed by atoms with Gasteiger partial charge in [0.15, 0.2) is 5.78 Å². The molecule has 3 aliphatic carbocycles. The molecular weight excluding hydrogens is 524 g/mol. The zero-order chi connectivity index (χ0) is 31.6. The molecule has 3 atom stereocenters. The largest absolute Gasteiger partial charge is 0.300 e. The van der Waals surface area contributed by atoms with E-state index in [9.17, 15) is 9.59 Å². The Kier molecular flexibility index (Phi) is 7.61. The van der Waals surface area contributed by atoms with Crippen molar-refractivity contribution < 1.29 is 9.59 Å². The Balaban J connectivity index is 1.58. The SMILES string of the molecule is C=C(CCC(C)=O)Cc1ccc(-c2ccc(C)c3c2C[C@]2(C)C[C@]4(C)CC(C)=C(C(=C)C)C(=C)[C@]4(C)C(C)=C2C3=O)cc1. The van der Waals surface area contributed by atoms with E-state index in [0.29, 0.717) is 6.42 Å². The molecule has 3 aliphatic rings. The fourth-order valence-corrected chi connectivity index (χ4v) is 9.09. The van der Waals surface area contributed by atoms with E-state index in [2.05, 4.69) is 105 Å². The van der Waals surface area contributed by atoms with Crippen LogP contribution in [0.5, 0.6) is 0 Å². The van der Waals surface area contributed by atoms with Gasteiger partial charge in [-0.1, -0.05) is 99.2 Å². The first-order chi connectivity index (χ1) is 20.0. The van der Waals surface area contributed by atoms with Gasteiger partial charge in [0.2, 0.25) is 0 Å². The fourth-order valence-electron chi connectivity index (χ4n) is 9.09. The Morgan fingerprint density at radius 3 is 2.16 bits per heavy atom. The summed E-state index contributed by atoms with van der Waals surface area (Å²) in [5.74, 6) is 0.392. The summed E-state index contributed by atoms with van der Waals surface area (Å²) in [6, 6.07) is 13.0. The summed E-state index contributed by atoms with van der Waals surface area (Å²) in [7, 11) is 0. The number of allylic oxidation sites excluding steroid dienone is 7. The quantitative estimate of drug-likeness (QED) is 0.309. The summed E-state index contributed by atoms with van der Waals surface area (Å²) in [6.07, 6.45) is 4.80. The van der Waals surface area contributed by atoms with Crippen LogP contribution < -0.4 is 0 Å². The summed E-state index contributed by atoms with van der Waals surface area (Å²) in [6.45, 7) is 30.5. The van der Waals surface area contributed by atoms with Crippen LogP contribution in [0, 0.1) is 23.2 Å². The van der Waals surface area contributed by atoms with Crippen LogP contribution in [-0.4, -0.2) is 11.6 Å². The highest BCUT2D eigenvalue weighted by Gasteiger charge is 2.60. The van der Waals surface area contributed by atoms with Gasteiger partial charge in [-0.15, -0.1) is 0 Å². The molecule has 0 N–H and O–H groups in total. The van der Waals surface area contributed by atoms with Crippen molar-refractivity contribution in [2.45, 2.75) is 93.9 Å². The number of carbonyl (C=O) groups is 2. The summed E-state index contributed by atoms with van der Waals surface area (Å²) < 4.78 is 0. The van der Waals surface area contributed by atoms with Crippen LogP contribution in [0.3, 0.4) is 0 Å². The van der Waals surface area contributed by atoms with E-state index in [0.717, 1.165) is 76.7 Å². The van der Waals surface area contributed by atoms with E-state index in [-0.39, 0.29) is 27.8 Å². The van der Waals surface area contributed by atoms with E-state index in [1.807, 2.05) is 0 Å². The van der Waals surface area contributed by atoms with Crippen molar-refractivity contribution in [1.82, 2.24) is 0 Å². The van der Waals surface area contributed by atoms with Crippen molar-refractivity contribution in [3.05, 3.63) is 117 Å². The van der Waals surface area contributed by atoms with E-state index in [1.165, 1.54) is 27.8 Å². The van der Waals surface area contributed by atoms with E-state index in [1.54, 1.807) is 6.92 Å². The summed E-state index contributed by atoms with van der Waals surface area (Å²) in [5, 5.41) is 0. The lowest BCUT2D eigenvalue weighted by atomic mass is 9.42. The lowest BCUT2D eigenvalue weighted by molar-refractivity contribution is -0.116. The second-order valence-corrected chi connectivity index (χ2v) is 14.6. The molecule has 0 aliphatic heterocycles. The van der Waals surface area contributed by atoms with Crippen LogP contribution >= 0.6 is 0 Å². The van der Waals surface area contributed by atoms with Gasteiger partial charge < -0.3 is 4.79 Å². The highest BCUT2D eigenvalue weighted by molar-refractivity contribution is 6.14. The molecule has 0 radical (unpaired) electrons. The first-order valence-electron chi connectivity index (χ1n) is 15.7. The standard InChI is InChI=1S/C41H48O2/c1-24(2)35-27(5)21-40(10)23-39(9)22-34-33(32-17-15-31(16-18-32)20-25(3)12-14-28(6)42)19-13-26(4)36(34)38(43)37(39)30(8)41(40,11)29(35)7/h13,15-19H,1,3,7,12,14,20-23H2,2,4-6,8-11H3/t39-,40+,41-/m1/s1. The number of aryl methyl sites for hydroxylation is 1. The predicted octanol–water partition coefficient (Wildman–Crippen LogP) is 10.5. The minimum absolute atomic E-state index is 0.0519. The normalized spacial score (nSPS) is 26.6. The monoisotopic (exact) mass is 572 g/mol. The molecule has 0 saturated carbocycles. The Morgan fingerprint density at radius 2 is 1.56 bits per heavy atom. The van der Waals surface area contributed by atoms with Crippen molar-refractivity contribution in [2.24, 2.45) is 16.2 Å². The molecule has 0 heterocycles. The Hall–Kier alpha value is -3.52. The average Bonchev–Trinajstić information content (AvgIpc) is 2.90. The third-order valence-corrected chi connectivity index (χ3v) is 11.2. The highest BCUT2D eigenvalue weighted by Crippen LogP contribution is 2.69. The van der Waals surface area contributed by atoms with Crippen LogP contribution in [0.25, 0.3) is 11.1 Å².